The molecule has 2 saturated carbocycles. The second-order valence-electron chi connectivity index (χ2n) is 10.8. The van der Waals surface area contributed by atoms with Crippen molar-refractivity contribution in [1.29, 1.82) is 0 Å². The van der Waals surface area contributed by atoms with Gasteiger partial charge in [0.2, 0.25) is 0 Å². The molecule has 0 aliphatic heterocycles. The predicted octanol–water partition coefficient (Wildman–Crippen LogP) is 7.31. The summed E-state index contributed by atoms with van der Waals surface area (Å²) >= 11 is 0. The summed E-state index contributed by atoms with van der Waals surface area (Å²) in [4.78, 5) is 12.3. The van der Waals surface area contributed by atoms with Crippen molar-refractivity contribution in [2.24, 2.45) is 17.8 Å². The topological polar surface area (TPSA) is 35.5 Å². The molecule has 0 spiro atoms. The molecule has 0 heterocycles. The molecule has 5 unspecified atom stereocenters. The summed E-state index contributed by atoms with van der Waals surface area (Å²) in [6, 6.07) is 17.7. The molecule has 2 bridgehead atoms. The van der Waals surface area contributed by atoms with Gasteiger partial charge in [0.05, 0.1) is 17.6 Å². The molecule has 3 aromatic carbocycles. The number of rotatable bonds is 6. The third kappa shape index (κ3) is 4.05. The molecule has 33 heavy (non-hydrogen) atoms. The first-order valence-electron chi connectivity index (χ1n) is 12.6. The maximum atomic E-state index is 12.3. The zero-order chi connectivity index (χ0) is 23.3. The Morgan fingerprint density at radius 3 is 2.39 bits per heavy atom. The number of carbonyl (C=O) groups excluding carboxylic acids is 1. The van der Waals surface area contributed by atoms with E-state index in [1.54, 1.807) is 0 Å². The molecule has 0 radical (unpaired) electrons. The Hall–Kier alpha value is -2.39. The molecular formula is C30H36O3. The lowest BCUT2D eigenvalue weighted by atomic mass is 9.90. The average molecular weight is 445 g/mol. The largest absolute Gasteiger partial charge is 0.462 e. The van der Waals surface area contributed by atoms with Crippen molar-refractivity contribution in [3.05, 3.63) is 59.7 Å². The fourth-order valence-corrected chi connectivity index (χ4v) is 6.01. The highest BCUT2D eigenvalue weighted by atomic mass is 16.5. The van der Waals surface area contributed by atoms with Crippen LogP contribution < -0.4 is 0 Å². The van der Waals surface area contributed by atoms with Crippen LogP contribution in [0.15, 0.2) is 48.5 Å². The van der Waals surface area contributed by atoms with E-state index in [0.29, 0.717) is 11.8 Å². The lowest BCUT2D eigenvalue weighted by molar-refractivity contribution is -0.160. The Morgan fingerprint density at radius 1 is 0.970 bits per heavy atom. The van der Waals surface area contributed by atoms with Gasteiger partial charge in [0.1, 0.15) is 6.10 Å². The molecule has 3 heteroatoms. The Kier molecular flexibility index (Phi) is 5.73. The number of hydrogen-bond donors (Lipinski definition) is 0. The van der Waals surface area contributed by atoms with E-state index >= 15 is 0 Å². The second-order valence-corrected chi connectivity index (χ2v) is 10.8. The van der Waals surface area contributed by atoms with E-state index in [2.05, 4.69) is 69.3 Å². The maximum absolute atomic E-state index is 12.3. The SMILES string of the molecule is CCC(C)C(=O)OC1CC2CC1CC2OC(C)(C)c1ccc2c(C)c3ccccc3cc2c1. The van der Waals surface area contributed by atoms with Gasteiger partial charge < -0.3 is 9.47 Å². The summed E-state index contributed by atoms with van der Waals surface area (Å²) in [6.07, 6.45) is 4.19. The van der Waals surface area contributed by atoms with E-state index < -0.39 is 0 Å². The molecule has 2 aliphatic rings. The number of benzene rings is 3. The molecule has 0 saturated heterocycles. The van der Waals surface area contributed by atoms with Crippen molar-refractivity contribution in [2.45, 2.75) is 78.1 Å². The minimum Gasteiger partial charge on any atom is -0.462 e. The highest BCUT2D eigenvalue weighted by Gasteiger charge is 2.49. The summed E-state index contributed by atoms with van der Waals surface area (Å²) in [7, 11) is 0. The van der Waals surface area contributed by atoms with Crippen LogP contribution in [-0.4, -0.2) is 18.2 Å². The summed E-state index contributed by atoms with van der Waals surface area (Å²) in [6.45, 7) is 10.6. The van der Waals surface area contributed by atoms with Crippen LogP contribution in [0.2, 0.25) is 0 Å². The predicted molar refractivity (Wildman–Crippen MR) is 134 cm³/mol. The highest BCUT2D eigenvalue weighted by Crippen LogP contribution is 2.49. The Morgan fingerprint density at radius 2 is 1.67 bits per heavy atom. The first-order valence-corrected chi connectivity index (χ1v) is 12.6. The third-order valence-corrected chi connectivity index (χ3v) is 8.28. The molecule has 0 amide bonds. The first kappa shape index (κ1) is 22.4. The monoisotopic (exact) mass is 444 g/mol. The number of carbonyl (C=O) groups is 1. The van der Waals surface area contributed by atoms with Gasteiger partial charge in [0.15, 0.2) is 0 Å². The number of esters is 1. The number of hydrogen-bond acceptors (Lipinski definition) is 3. The van der Waals surface area contributed by atoms with Gasteiger partial charge in [0, 0.05) is 0 Å². The van der Waals surface area contributed by atoms with Crippen molar-refractivity contribution < 1.29 is 14.3 Å². The lowest BCUT2D eigenvalue weighted by Gasteiger charge is -2.35. The molecule has 5 atom stereocenters. The Balaban J connectivity index is 1.32. The van der Waals surface area contributed by atoms with Crippen LogP contribution in [0, 0.1) is 24.7 Å². The molecule has 0 aromatic heterocycles. The fourth-order valence-electron chi connectivity index (χ4n) is 6.01. The molecule has 0 N–H and O–H groups in total. The molecule has 5 rings (SSSR count). The smallest absolute Gasteiger partial charge is 0.308 e. The molecule has 2 aliphatic carbocycles. The van der Waals surface area contributed by atoms with Gasteiger partial charge in [-0.25, -0.2) is 0 Å². The van der Waals surface area contributed by atoms with Crippen molar-refractivity contribution >= 4 is 27.5 Å². The van der Waals surface area contributed by atoms with E-state index in [1.165, 1.54) is 32.7 Å². The fraction of sp³-hybridized carbons (Fsp3) is 0.500. The van der Waals surface area contributed by atoms with Crippen LogP contribution in [0.1, 0.15) is 64.5 Å². The normalized spacial score (nSPS) is 25.6. The van der Waals surface area contributed by atoms with Crippen LogP contribution >= 0.6 is 0 Å². The summed E-state index contributed by atoms with van der Waals surface area (Å²) in [5.74, 6) is 0.876. The van der Waals surface area contributed by atoms with E-state index in [4.69, 9.17) is 9.47 Å². The lowest BCUT2D eigenvalue weighted by Crippen LogP contribution is -2.36. The zero-order valence-electron chi connectivity index (χ0n) is 20.6. The van der Waals surface area contributed by atoms with Crippen molar-refractivity contribution in [2.75, 3.05) is 0 Å². The van der Waals surface area contributed by atoms with Crippen LogP contribution in [0.25, 0.3) is 21.5 Å². The van der Waals surface area contributed by atoms with Crippen molar-refractivity contribution in [3.8, 4) is 0 Å². The van der Waals surface area contributed by atoms with Crippen LogP contribution in [0.4, 0.5) is 0 Å². The van der Waals surface area contributed by atoms with E-state index in [9.17, 15) is 4.79 Å². The van der Waals surface area contributed by atoms with Gasteiger partial charge in [0.25, 0.3) is 0 Å². The van der Waals surface area contributed by atoms with Gasteiger partial charge in [-0.05, 0) is 103 Å². The third-order valence-electron chi connectivity index (χ3n) is 8.28. The van der Waals surface area contributed by atoms with E-state index in [1.807, 2.05) is 13.8 Å². The maximum Gasteiger partial charge on any atom is 0.308 e. The van der Waals surface area contributed by atoms with Gasteiger partial charge >= 0.3 is 5.97 Å². The minimum absolute atomic E-state index is 0.0104. The van der Waals surface area contributed by atoms with Crippen molar-refractivity contribution in [1.82, 2.24) is 0 Å². The molecule has 3 nitrogen and oxygen atoms in total. The van der Waals surface area contributed by atoms with Gasteiger partial charge in [-0.1, -0.05) is 50.2 Å². The average Bonchev–Trinajstić information content (AvgIpc) is 3.37. The van der Waals surface area contributed by atoms with Crippen LogP contribution in [-0.2, 0) is 19.9 Å². The summed E-state index contributed by atoms with van der Waals surface area (Å²) < 4.78 is 12.6. The first-order chi connectivity index (χ1) is 15.8. The van der Waals surface area contributed by atoms with E-state index in [0.717, 1.165) is 25.7 Å². The van der Waals surface area contributed by atoms with E-state index in [-0.39, 0.29) is 29.7 Å². The van der Waals surface area contributed by atoms with Gasteiger partial charge in [-0.2, -0.15) is 0 Å². The number of ether oxygens (including phenoxy) is 2. The highest BCUT2D eigenvalue weighted by molar-refractivity contribution is 6.02. The number of aryl methyl sites for hydroxylation is 1. The molecule has 2 fully saturated rings. The van der Waals surface area contributed by atoms with Gasteiger partial charge in [-0.3, -0.25) is 4.79 Å². The molecule has 174 valence electrons. The summed E-state index contributed by atoms with van der Waals surface area (Å²) in [5, 5.41) is 5.17. The summed E-state index contributed by atoms with van der Waals surface area (Å²) in [5.41, 5.74) is 2.18. The van der Waals surface area contributed by atoms with Crippen LogP contribution in [0.5, 0.6) is 0 Å². The van der Waals surface area contributed by atoms with Gasteiger partial charge in [-0.15, -0.1) is 0 Å². The molecular weight excluding hydrogens is 408 g/mol. The molecule has 3 aromatic rings. The quantitative estimate of drug-likeness (QED) is 0.295. The van der Waals surface area contributed by atoms with Crippen LogP contribution in [0.3, 0.4) is 0 Å². The second kappa shape index (κ2) is 8.43. The Labute approximate surface area is 197 Å². The standard InChI is InChI=1S/C30H36O3/c1-6-18(2)29(31)32-27-16-23-14-22(27)17-28(23)33-30(4,5)24-11-12-26-19(3)25-10-8-7-9-20(25)13-21(26)15-24/h7-13,15,18,22-23,27-28H,6,14,16-17H2,1-5H3. The number of fused-ring (bicyclic) bond motifs is 4. The Bertz CT molecular complexity index is 1190. The minimum atomic E-state index is -0.369. The zero-order valence-corrected chi connectivity index (χ0v) is 20.6. The van der Waals surface area contributed by atoms with Crippen molar-refractivity contribution in [3.63, 3.8) is 0 Å².